The smallest absolute Gasteiger partial charge is 0.311 e. The summed E-state index contributed by atoms with van der Waals surface area (Å²) >= 11 is 0. The van der Waals surface area contributed by atoms with Crippen molar-refractivity contribution in [2.45, 2.75) is 0 Å². The molecule has 98 valence electrons. The number of benzene rings is 2. The van der Waals surface area contributed by atoms with Gasteiger partial charge < -0.3 is 5.11 Å². The second-order valence-corrected chi connectivity index (χ2v) is 3.71. The van der Waals surface area contributed by atoms with Crippen LogP contribution in [0.15, 0.2) is 30.3 Å². The van der Waals surface area contributed by atoms with E-state index in [0.717, 1.165) is 18.2 Å². The SMILES string of the molecule is O=[N+]([O-])c1cc(-c2c(F)cc(F)cc2F)ccc1O. The molecule has 0 spiro atoms. The maximum atomic E-state index is 13.5. The number of rotatable bonds is 2. The van der Waals surface area contributed by atoms with Gasteiger partial charge in [0.05, 0.1) is 10.5 Å². The van der Waals surface area contributed by atoms with Gasteiger partial charge in [0, 0.05) is 18.2 Å². The van der Waals surface area contributed by atoms with Crippen LogP contribution < -0.4 is 0 Å². The van der Waals surface area contributed by atoms with Crippen molar-refractivity contribution in [2.24, 2.45) is 0 Å². The van der Waals surface area contributed by atoms with E-state index in [9.17, 15) is 28.4 Å². The Kier molecular flexibility index (Phi) is 3.12. The van der Waals surface area contributed by atoms with E-state index >= 15 is 0 Å². The second-order valence-electron chi connectivity index (χ2n) is 3.71. The van der Waals surface area contributed by atoms with Crippen LogP contribution in [0.2, 0.25) is 0 Å². The average molecular weight is 269 g/mol. The standard InChI is InChI=1S/C12H6F3NO3/c13-7-4-8(14)12(9(15)5-7)6-1-2-11(17)10(3-6)16(18)19/h1-5,17H. The third kappa shape index (κ3) is 2.35. The fourth-order valence-electron chi connectivity index (χ4n) is 1.64. The Labute approximate surface area is 104 Å². The van der Waals surface area contributed by atoms with Crippen molar-refractivity contribution in [1.82, 2.24) is 0 Å². The van der Waals surface area contributed by atoms with E-state index in [-0.39, 0.29) is 5.56 Å². The maximum absolute atomic E-state index is 13.5. The lowest BCUT2D eigenvalue weighted by molar-refractivity contribution is -0.385. The quantitative estimate of drug-likeness (QED) is 0.671. The van der Waals surface area contributed by atoms with Crippen molar-refractivity contribution >= 4 is 5.69 Å². The molecule has 0 amide bonds. The minimum atomic E-state index is -1.18. The first kappa shape index (κ1) is 12.9. The van der Waals surface area contributed by atoms with Gasteiger partial charge in [-0.25, -0.2) is 13.2 Å². The van der Waals surface area contributed by atoms with Crippen molar-refractivity contribution in [3.63, 3.8) is 0 Å². The fraction of sp³-hybridized carbons (Fsp3) is 0. The zero-order valence-electron chi connectivity index (χ0n) is 9.23. The molecule has 0 aliphatic carbocycles. The molecule has 0 aromatic heterocycles. The lowest BCUT2D eigenvalue weighted by atomic mass is 10.0. The summed E-state index contributed by atoms with van der Waals surface area (Å²) in [4.78, 5) is 9.74. The molecular weight excluding hydrogens is 263 g/mol. The molecule has 0 heterocycles. The summed E-state index contributed by atoms with van der Waals surface area (Å²) in [7, 11) is 0. The van der Waals surface area contributed by atoms with E-state index in [4.69, 9.17) is 0 Å². The van der Waals surface area contributed by atoms with Crippen LogP contribution in [0.25, 0.3) is 11.1 Å². The zero-order valence-corrected chi connectivity index (χ0v) is 9.23. The van der Waals surface area contributed by atoms with Crippen LogP contribution in [0, 0.1) is 27.6 Å². The van der Waals surface area contributed by atoms with Gasteiger partial charge in [0.25, 0.3) is 0 Å². The summed E-state index contributed by atoms with van der Waals surface area (Å²) in [5.74, 6) is -4.08. The van der Waals surface area contributed by atoms with Crippen LogP contribution in [0.4, 0.5) is 18.9 Å². The van der Waals surface area contributed by atoms with Gasteiger partial charge in [0.1, 0.15) is 17.5 Å². The normalized spacial score (nSPS) is 10.5. The van der Waals surface area contributed by atoms with Gasteiger partial charge in [0.15, 0.2) is 5.75 Å². The molecule has 7 heteroatoms. The number of phenols is 1. The van der Waals surface area contributed by atoms with Gasteiger partial charge in [-0.2, -0.15) is 0 Å². The zero-order chi connectivity index (χ0) is 14.2. The number of nitro groups is 1. The van der Waals surface area contributed by atoms with Gasteiger partial charge in [0.2, 0.25) is 0 Å². The highest BCUT2D eigenvalue weighted by molar-refractivity contribution is 5.69. The minimum absolute atomic E-state index is 0.167. The van der Waals surface area contributed by atoms with Crippen molar-refractivity contribution in [2.75, 3.05) is 0 Å². The number of hydrogen-bond acceptors (Lipinski definition) is 3. The summed E-state index contributed by atoms with van der Waals surface area (Å²) in [5, 5.41) is 19.9. The van der Waals surface area contributed by atoms with Crippen LogP contribution >= 0.6 is 0 Å². The number of aromatic hydroxyl groups is 1. The number of nitro benzene ring substituents is 1. The predicted octanol–water partition coefficient (Wildman–Crippen LogP) is 3.38. The Morgan fingerprint density at radius 2 is 1.63 bits per heavy atom. The second kappa shape index (κ2) is 4.60. The summed E-state index contributed by atoms with van der Waals surface area (Å²) in [6.07, 6.45) is 0. The molecule has 2 rings (SSSR count). The average Bonchev–Trinajstić information content (AvgIpc) is 2.29. The molecule has 2 aromatic carbocycles. The molecule has 2 aromatic rings. The first-order chi connectivity index (χ1) is 8.90. The van der Waals surface area contributed by atoms with Crippen molar-refractivity contribution in [3.8, 4) is 16.9 Å². The summed E-state index contributed by atoms with van der Waals surface area (Å²) in [6.45, 7) is 0. The Hall–Kier alpha value is -2.57. The number of halogens is 3. The third-order valence-corrected chi connectivity index (χ3v) is 2.47. The van der Waals surface area contributed by atoms with Gasteiger partial charge in [-0.3, -0.25) is 10.1 Å². The van der Waals surface area contributed by atoms with Crippen molar-refractivity contribution in [1.29, 1.82) is 0 Å². The molecule has 0 radical (unpaired) electrons. The van der Waals surface area contributed by atoms with Gasteiger partial charge in [-0.15, -0.1) is 0 Å². The number of nitrogens with zero attached hydrogens (tertiary/aromatic N) is 1. The van der Waals surface area contributed by atoms with Crippen LogP contribution in [-0.4, -0.2) is 10.0 Å². The molecule has 0 fully saturated rings. The van der Waals surface area contributed by atoms with E-state index in [1.54, 1.807) is 0 Å². The van der Waals surface area contributed by atoms with Crippen LogP contribution in [0.5, 0.6) is 5.75 Å². The molecule has 0 saturated heterocycles. The lowest BCUT2D eigenvalue weighted by Gasteiger charge is -2.06. The van der Waals surface area contributed by atoms with E-state index < -0.39 is 39.4 Å². The molecule has 0 saturated carbocycles. The van der Waals surface area contributed by atoms with Crippen LogP contribution in [0.3, 0.4) is 0 Å². The van der Waals surface area contributed by atoms with Crippen LogP contribution in [-0.2, 0) is 0 Å². The first-order valence-corrected chi connectivity index (χ1v) is 5.02. The fourth-order valence-corrected chi connectivity index (χ4v) is 1.64. The molecular formula is C12H6F3NO3. The maximum Gasteiger partial charge on any atom is 0.311 e. The Balaban J connectivity index is 2.66. The summed E-state index contributed by atoms with van der Waals surface area (Å²) in [5.41, 5.74) is -1.45. The Morgan fingerprint density at radius 3 is 2.16 bits per heavy atom. The molecule has 0 aliphatic heterocycles. The van der Waals surface area contributed by atoms with Crippen molar-refractivity contribution in [3.05, 3.63) is 57.9 Å². The lowest BCUT2D eigenvalue weighted by Crippen LogP contribution is -1.94. The van der Waals surface area contributed by atoms with Gasteiger partial charge >= 0.3 is 5.69 Å². The summed E-state index contributed by atoms with van der Waals surface area (Å²) < 4.78 is 39.8. The molecule has 4 nitrogen and oxygen atoms in total. The van der Waals surface area contributed by atoms with E-state index in [0.29, 0.717) is 12.1 Å². The van der Waals surface area contributed by atoms with E-state index in [1.807, 2.05) is 0 Å². The number of phenolic OH excluding ortho intramolecular Hbond substituents is 1. The predicted molar refractivity (Wildman–Crippen MR) is 60.1 cm³/mol. The molecule has 0 bridgehead atoms. The van der Waals surface area contributed by atoms with E-state index in [1.165, 1.54) is 0 Å². The summed E-state index contributed by atoms with van der Waals surface area (Å²) in [6, 6.07) is 3.79. The van der Waals surface area contributed by atoms with Crippen LogP contribution in [0.1, 0.15) is 0 Å². The molecule has 0 unspecified atom stereocenters. The number of hydrogen-bond donors (Lipinski definition) is 1. The molecule has 1 N–H and O–H groups in total. The molecule has 0 aliphatic rings. The highest BCUT2D eigenvalue weighted by Crippen LogP contribution is 2.33. The van der Waals surface area contributed by atoms with Gasteiger partial charge in [-0.05, 0) is 17.7 Å². The molecule has 19 heavy (non-hydrogen) atoms. The molecule has 0 atom stereocenters. The first-order valence-electron chi connectivity index (χ1n) is 5.02. The third-order valence-electron chi connectivity index (χ3n) is 2.47. The van der Waals surface area contributed by atoms with Crippen molar-refractivity contribution < 1.29 is 23.2 Å². The van der Waals surface area contributed by atoms with E-state index in [2.05, 4.69) is 0 Å². The minimum Gasteiger partial charge on any atom is -0.502 e. The topological polar surface area (TPSA) is 63.4 Å². The highest BCUT2D eigenvalue weighted by Gasteiger charge is 2.19. The Bertz CT molecular complexity index is 650. The Morgan fingerprint density at radius 1 is 1.05 bits per heavy atom. The highest BCUT2D eigenvalue weighted by atomic mass is 19.1. The van der Waals surface area contributed by atoms with Gasteiger partial charge in [-0.1, -0.05) is 0 Å². The monoisotopic (exact) mass is 269 g/mol. The largest absolute Gasteiger partial charge is 0.502 e.